The van der Waals surface area contributed by atoms with E-state index in [0.717, 1.165) is 0 Å². The first-order valence-electron chi connectivity index (χ1n) is 7.17. The average molecular weight is 318 g/mol. The summed E-state index contributed by atoms with van der Waals surface area (Å²) in [5.41, 5.74) is 0. The summed E-state index contributed by atoms with van der Waals surface area (Å²) in [5, 5.41) is 3.11. The van der Waals surface area contributed by atoms with Crippen LogP contribution in [0.4, 0.5) is 0 Å². The summed E-state index contributed by atoms with van der Waals surface area (Å²) in [6, 6.07) is 0. The molecule has 0 unspecified atom stereocenters. The van der Waals surface area contributed by atoms with E-state index in [2.05, 4.69) is 19.5 Å². The molecule has 0 aliphatic heterocycles. The molecular formula is C14H26N2O6. The van der Waals surface area contributed by atoms with Gasteiger partial charge in [-0.15, -0.1) is 0 Å². The van der Waals surface area contributed by atoms with Crippen molar-refractivity contribution in [1.29, 1.82) is 0 Å². The van der Waals surface area contributed by atoms with Crippen LogP contribution in [0.3, 0.4) is 0 Å². The van der Waals surface area contributed by atoms with Gasteiger partial charge >= 0.3 is 17.9 Å². The second-order valence-corrected chi connectivity index (χ2v) is 4.57. The Morgan fingerprint density at radius 1 is 0.727 bits per heavy atom. The normalized spacial score (nSPS) is 10.4. The predicted molar refractivity (Wildman–Crippen MR) is 79.2 cm³/mol. The number of hydrogen-bond acceptors (Lipinski definition) is 8. The minimum Gasteiger partial charge on any atom is -0.469 e. The van der Waals surface area contributed by atoms with Gasteiger partial charge in [0.05, 0.1) is 40.6 Å². The molecule has 0 heterocycles. The van der Waals surface area contributed by atoms with Crippen LogP contribution >= 0.6 is 0 Å². The van der Waals surface area contributed by atoms with Gasteiger partial charge in [0.15, 0.2) is 0 Å². The minimum atomic E-state index is -0.290. The minimum absolute atomic E-state index is 0.263. The van der Waals surface area contributed by atoms with Gasteiger partial charge in [0.2, 0.25) is 0 Å². The molecule has 0 spiro atoms. The maximum Gasteiger partial charge on any atom is 0.306 e. The van der Waals surface area contributed by atoms with Crippen molar-refractivity contribution in [1.82, 2.24) is 10.2 Å². The second kappa shape index (κ2) is 13.0. The molecule has 0 aliphatic carbocycles. The van der Waals surface area contributed by atoms with Gasteiger partial charge in [0.25, 0.3) is 0 Å². The Hall–Kier alpha value is -1.67. The molecule has 128 valence electrons. The molecule has 0 aromatic heterocycles. The van der Waals surface area contributed by atoms with E-state index in [9.17, 15) is 14.4 Å². The number of esters is 3. The molecule has 0 radical (unpaired) electrons. The third-order valence-electron chi connectivity index (χ3n) is 3.06. The third-order valence-corrected chi connectivity index (χ3v) is 3.06. The molecule has 8 nitrogen and oxygen atoms in total. The van der Waals surface area contributed by atoms with E-state index in [1.54, 1.807) is 0 Å². The monoisotopic (exact) mass is 318 g/mol. The van der Waals surface area contributed by atoms with Crippen LogP contribution in [0.2, 0.25) is 0 Å². The molecule has 0 fully saturated rings. The van der Waals surface area contributed by atoms with Crippen molar-refractivity contribution in [2.45, 2.75) is 19.3 Å². The fourth-order valence-electron chi connectivity index (χ4n) is 1.69. The lowest BCUT2D eigenvalue weighted by Crippen LogP contribution is -2.36. The molecule has 0 aromatic carbocycles. The SMILES string of the molecule is COC(=O)CCNCCN(CCC(=O)OC)CCC(=O)OC. The number of hydrogen-bond donors (Lipinski definition) is 1. The van der Waals surface area contributed by atoms with Gasteiger partial charge in [-0.3, -0.25) is 14.4 Å². The lowest BCUT2D eigenvalue weighted by Gasteiger charge is -2.21. The average Bonchev–Trinajstić information content (AvgIpc) is 2.54. The Morgan fingerprint density at radius 3 is 1.64 bits per heavy atom. The smallest absolute Gasteiger partial charge is 0.306 e. The quantitative estimate of drug-likeness (QED) is 0.294. The van der Waals surface area contributed by atoms with Gasteiger partial charge in [0, 0.05) is 32.7 Å². The molecule has 8 heteroatoms. The molecule has 0 aromatic rings. The first-order chi connectivity index (χ1) is 10.5. The van der Waals surface area contributed by atoms with Crippen LogP contribution in [0.25, 0.3) is 0 Å². The van der Waals surface area contributed by atoms with E-state index in [4.69, 9.17) is 0 Å². The summed E-state index contributed by atoms with van der Waals surface area (Å²) < 4.78 is 13.8. The van der Waals surface area contributed by atoms with Crippen LogP contribution in [0.5, 0.6) is 0 Å². The molecule has 0 atom stereocenters. The van der Waals surface area contributed by atoms with Gasteiger partial charge in [-0.2, -0.15) is 0 Å². The molecule has 0 rings (SSSR count). The number of nitrogens with zero attached hydrogens (tertiary/aromatic N) is 1. The molecule has 0 saturated carbocycles. The van der Waals surface area contributed by atoms with Crippen molar-refractivity contribution < 1.29 is 28.6 Å². The standard InChI is InChI=1S/C14H26N2O6/c1-20-12(17)4-7-15-8-11-16(9-5-13(18)21-2)10-6-14(19)22-3/h15H,4-11H2,1-3H3. The number of nitrogens with one attached hydrogen (secondary N) is 1. The molecule has 0 aliphatic rings. The summed E-state index contributed by atoms with van der Waals surface area (Å²) >= 11 is 0. The first-order valence-corrected chi connectivity index (χ1v) is 7.17. The number of ether oxygens (including phenoxy) is 3. The Bertz CT molecular complexity index is 328. The summed E-state index contributed by atoms with van der Waals surface area (Å²) in [6.07, 6.45) is 0.834. The molecule has 22 heavy (non-hydrogen) atoms. The Balaban J connectivity index is 4.02. The predicted octanol–water partition coefficient (Wildman–Crippen LogP) is -0.433. The van der Waals surface area contributed by atoms with E-state index < -0.39 is 0 Å². The van der Waals surface area contributed by atoms with Crippen molar-refractivity contribution in [3.05, 3.63) is 0 Å². The zero-order valence-electron chi connectivity index (χ0n) is 13.6. The van der Waals surface area contributed by atoms with Gasteiger partial charge in [-0.05, 0) is 0 Å². The lowest BCUT2D eigenvalue weighted by atomic mass is 10.3. The largest absolute Gasteiger partial charge is 0.469 e. The van der Waals surface area contributed by atoms with Crippen LogP contribution in [0.15, 0.2) is 0 Å². The second-order valence-electron chi connectivity index (χ2n) is 4.57. The molecule has 1 N–H and O–H groups in total. The van der Waals surface area contributed by atoms with E-state index in [1.807, 2.05) is 4.90 Å². The van der Waals surface area contributed by atoms with Crippen molar-refractivity contribution in [3.63, 3.8) is 0 Å². The van der Waals surface area contributed by atoms with E-state index >= 15 is 0 Å². The first kappa shape index (κ1) is 20.3. The summed E-state index contributed by atoms with van der Waals surface area (Å²) in [6.45, 7) is 2.81. The number of carbonyl (C=O) groups excluding carboxylic acids is 3. The zero-order chi connectivity index (χ0) is 16.8. The van der Waals surface area contributed by atoms with Gasteiger partial charge in [-0.25, -0.2) is 0 Å². The van der Waals surface area contributed by atoms with E-state index in [1.165, 1.54) is 21.3 Å². The highest BCUT2D eigenvalue weighted by atomic mass is 16.5. The van der Waals surface area contributed by atoms with Crippen molar-refractivity contribution in [2.75, 3.05) is 54.1 Å². The highest BCUT2D eigenvalue weighted by Gasteiger charge is 2.11. The van der Waals surface area contributed by atoms with E-state index in [0.29, 0.717) is 39.1 Å². The third kappa shape index (κ3) is 11.0. The Morgan fingerprint density at radius 2 is 1.18 bits per heavy atom. The number of rotatable bonds is 12. The van der Waals surface area contributed by atoms with Gasteiger partial charge < -0.3 is 24.4 Å². The summed E-state index contributed by atoms with van der Waals surface area (Å²) in [7, 11) is 4.04. The number of carbonyl (C=O) groups is 3. The number of methoxy groups -OCH3 is 3. The maximum atomic E-state index is 11.2. The Labute approximate surface area is 131 Å². The van der Waals surface area contributed by atoms with Crippen LogP contribution in [0, 0.1) is 0 Å². The van der Waals surface area contributed by atoms with Crippen LogP contribution in [-0.4, -0.2) is 76.9 Å². The van der Waals surface area contributed by atoms with Crippen LogP contribution in [0.1, 0.15) is 19.3 Å². The topological polar surface area (TPSA) is 94.2 Å². The van der Waals surface area contributed by atoms with Crippen molar-refractivity contribution >= 4 is 17.9 Å². The Kier molecular flexibility index (Phi) is 12.0. The molecule has 0 amide bonds. The van der Waals surface area contributed by atoms with Crippen molar-refractivity contribution in [3.8, 4) is 0 Å². The van der Waals surface area contributed by atoms with Gasteiger partial charge in [-0.1, -0.05) is 0 Å². The van der Waals surface area contributed by atoms with Gasteiger partial charge in [0.1, 0.15) is 0 Å². The highest BCUT2D eigenvalue weighted by molar-refractivity contribution is 5.70. The zero-order valence-corrected chi connectivity index (χ0v) is 13.6. The highest BCUT2D eigenvalue weighted by Crippen LogP contribution is 1.97. The van der Waals surface area contributed by atoms with Crippen LogP contribution in [-0.2, 0) is 28.6 Å². The molecular weight excluding hydrogens is 292 g/mol. The summed E-state index contributed by atoms with van der Waals surface area (Å²) in [4.78, 5) is 35.3. The summed E-state index contributed by atoms with van der Waals surface area (Å²) in [5.74, 6) is -0.843. The van der Waals surface area contributed by atoms with Crippen molar-refractivity contribution in [2.24, 2.45) is 0 Å². The molecule has 0 bridgehead atoms. The fourth-order valence-corrected chi connectivity index (χ4v) is 1.69. The van der Waals surface area contributed by atoms with E-state index in [-0.39, 0.29) is 30.7 Å². The lowest BCUT2D eigenvalue weighted by molar-refractivity contribution is -0.142. The van der Waals surface area contributed by atoms with Crippen LogP contribution < -0.4 is 5.32 Å². The fraction of sp³-hybridized carbons (Fsp3) is 0.786. The molecule has 0 saturated heterocycles. The maximum absolute atomic E-state index is 11.2.